The van der Waals surface area contributed by atoms with Crippen molar-refractivity contribution in [2.24, 2.45) is 11.7 Å². The molecule has 2 aromatic rings. The van der Waals surface area contributed by atoms with Gasteiger partial charge in [-0.3, -0.25) is 4.79 Å². The Morgan fingerprint density at radius 2 is 1.80 bits per heavy atom. The second-order valence-electron chi connectivity index (χ2n) is 6.22. The first-order valence-corrected chi connectivity index (χ1v) is 8.29. The van der Waals surface area contributed by atoms with Gasteiger partial charge in [-0.15, -0.1) is 12.4 Å². The summed E-state index contributed by atoms with van der Waals surface area (Å²) in [6.07, 6.45) is -0.115. The van der Waals surface area contributed by atoms with Crippen LogP contribution in [-0.2, 0) is 4.79 Å². The highest BCUT2D eigenvalue weighted by atomic mass is 35.5. The zero-order valence-electron chi connectivity index (χ0n) is 14.9. The Kier molecular flexibility index (Phi) is 8.46. The zero-order valence-corrected chi connectivity index (χ0v) is 15.8. The van der Waals surface area contributed by atoms with Crippen molar-refractivity contribution in [1.82, 2.24) is 5.32 Å². The summed E-state index contributed by atoms with van der Waals surface area (Å²) >= 11 is 0. The molecule has 0 aliphatic carbocycles. The predicted molar refractivity (Wildman–Crippen MR) is 104 cm³/mol. The van der Waals surface area contributed by atoms with Crippen molar-refractivity contribution < 1.29 is 9.53 Å². The van der Waals surface area contributed by atoms with E-state index >= 15 is 0 Å². The predicted octanol–water partition coefficient (Wildman–Crippen LogP) is 3.64. The lowest BCUT2D eigenvalue weighted by Crippen LogP contribution is -2.40. The monoisotopic (exact) mass is 362 g/mol. The molecule has 1 amide bonds. The molecule has 4 nitrogen and oxygen atoms in total. The van der Waals surface area contributed by atoms with Crippen molar-refractivity contribution in [2.45, 2.75) is 32.9 Å². The van der Waals surface area contributed by atoms with Gasteiger partial charge in [0.25, 0.3) is 0 Å². The molecule has 136 valence electrons. The van der Waals surface area contributed by atoms with Crippen LogP contribution < -0.4 is 15.8 Å². The van der Waals surface area contributed by atoms with E-state index in [0.29, 0.717) is 6.54 Å². The summed E-state index contributed by atoms with van der Waals surface area (Å²) in [5, 5.41) is 2.92. The van der Waals surface area contributed by atoms with Crippen LogP contribution in [-0.4, -0.2) is 18.6 Å². The summed E-state index contributed by atoms with van der Waals surface area (Å²) in [4.78, 5) is 12.3. The first-order valence-electron chi connectivity index (χ1n) is 8.29. The summed E-state index contributed by atoms with van der Waals surface area (Å²) in [7, 11) is 0. The fourth-order valence-corrected chi connectivity index (χ4v) is 2.49. The van der Waals surface area contributed by atoms with Crippen LogP contribution >= 0.6 is 12.4 Å². The minimum absolute atomic E-state index is 0. The Bertz CT molecular complexity index is 664. The Balaban J connectivity index is 0.00000312. The lowest BCUT2D eigenvalue weighted by atomic mass is 9.94. The molecule has 0 saturated heterocycles. The Morgan fingerprint density at radius 1 is 1.12 bits per heavy atom. The van der Waals surface area contributed by atoms with Gasteiger partial charge in [-0.2, -0.15) is 0 Å². The number of carbonyl (C=O) groups excluding carboxylic acids is 1. The van der Waals surface area contributed by atoms with Crippen LogP contribution in [0.15, 0.2) is 54.6 Å². The summed E-state index contributed by atoms with van der Waals surface area (Å²) in [5.74, 6) is 0.440. The van der Waals surface area contributed by atoms with Crippen molar-refractivity contribution >= 4 is 18.3 Å². The number of nitrogens with two attached hydrogens (primary N) is 1. The van der Waals surface area contributed by atoms with E-state index in [9.17, 15) is 4.79 Å². The molecule has 3 atom stereocenters. The fourth-order valence-electron chi connectivity index (χ4n) is 2.49. The van der Waals surface area contributed by atoms with E-state index in [-0.39, 0.29) is 36.4 Å². The first kappa shape index (κ1) is 21.0. The van der Waals surface area contributed by atoms with Gasteiger partial charge >= 0.3 is 0 Å². The molecule has 2 rings (SSSR count). The second kappa shape index (κ2) is 10.1. The summed E-state index contributed by atoms with van der Waals surface area (Å²) in [6.45, 7) is 6.24. The van der Waals surface area contributed by atoms with E-state index in [1.54, 1.807) is 0 Å². The van der Waals surface area contributed by atoms with E-state index in [4.69, 9.17) is 10.5 Å². The third-order valence-electron chi connectivity index (χ3n) is 4.03. The average Bonchev–Trinajstić information content (AvgIpc) is 2.59. The maximum Gasteiger partial charge on any atom is 0.224 e. The van der Waals surface area contributed by atoms with Crippen molar-refractivity contribution in [2.75, 3.05) is 6.54 Å². The van der Waals surface area contributed by atoms with E-state index in [1.165, 1.54) is 0 Å². The topological polar surface area (TPSA) is 64.3 Å². The average molecular weight is 363 g/mol. The minimum Gasteiger partial charge on any atom is -0.489 e. The van der Waals surface area contributed by atoms with Crippen LogP contribution in [0.5, 0.6) is 5.75 Å². The number of aryl methyl sites for hydroxylation is 1. The molecule has 0 aliphatic heterocycles. The third kappa shape index (κ3) is 6.40. The molecule has 0 heterocycles. The highest BCUT2D eigenvalue weighted by Gasteiger charge is 2.22. The summed E-state index contributed by atoms with van der Waals surface area (Å²) in [5.41, 5.74) is 8.30. The van der Waals surface area contributed by atoms with Crippen LogP contribution in [0.1, 0.15) is 31.0 Å². The van der Waals surface area contributed by atoms with Crippen LogP contribution in [0.4, 0.5) is 0 Å². The van der Waals surface area contributed by atoms with Crippen molar-refractivity contribution in [3.05, 3.63) is 65.7 Å². The molecule has 5 heteroatoms. The number of benzene rings is 2. The first-order chi connectivity index (χ1) is 11.5. The molecule has 25 heavy (non-hydrogen) atoms. The van der Waals surface area contributed by atoms with Crippen LogP contribution in [0.3, 0.4) is 0 Å². The van der Waals surface area contributed by atoms with Crippen LogP contribution in [0.2, 0.25) is 0 Å². The SMILES string of the molecule is Cc1cccc(OC(C)CNC(=O)C(C)C(N)c2ccccc2)c1.Cl. The Labute approximate surface area is 156 Å². The lowest BCUT2D eigenvalue weighted by molar-refractivity contribution is -0.125. The minimum atomic E-state index is -0.320. The molecule has 0 bridgehead atoms. The standard InChI is InChI=1S/C20H26N2O2.ClH/c1-14-8-7-11-18(12-14)24-15(2)13-22-20(23)16(3)19(21)17-9-5-4-6-10-17;/h4-12,15-16,19H,13,21H2,1-3H3,(H,22,23);1H. The number of carbonyl (C=O) groups is 1. The number of halogens is 1. The van der Waals surface area contributed by atoms with Gasteiger partial charge in [0, 0.05) is 6.04 Å². The zero-order chi connectivity index (χ0) is 17.5. The van der Waals surface area contributed by atoms with Gasteiger partial charge in [-0.25, -0.2) is 0 Å². The summed E-state index contributed by atoms with van der Waals surface area (Å²) in [6, 6.07) is 17.2. The number of hydrogen-bond acceptors (Lipinski definition) is 3. The van der Waals surface area contributed by atoms with Crippen molar-refractivity contribution in [3.8, 4) is 5.75 Å². The maximum atomic E-state index is 12.3. The normalized spacial score (nSPS) is 13.9. The molecule has 2 aromatic carbocycles. The molecule has 0 aliphatic rings. The Hall–Kier alpha value is -2.04. The van der Waals surface area contributed by atoms with E-state index in [0.717, 1.165) is 16.9 Å². The quantitative estimate of drug-likeness (QED) is 0.790. The van der Waals surface area contributed by atoms with Gasteiger partial charge in [0.2, 0.25) is 5.91 Å². The van der Waals surface area contributed by atoms with Crippen LogP contribution in [0.25, 0.3) is 0 Å². The Morgan fingerprint density at radius 3 is 2.44 bits per heavy atom. The smallest absolute Gasteiger partial charge is 0.224 e. The molecular weight excluding hydrogens is 336 g/mol. The van der Waals surface area contributed by atoms with Crippen LogP contribution in [0, 0.1) is 12.8 Å². The maximum absolute atomic E-state index is 12.3. The molecule has 3 N–H and O–H groups in total. The molecule has 0 radical (unpaired) electrons. The van der Waals surface area contributed by atoms with E-state index in [2.05, 4.69) is 5.32 Å². The van der Waals surface area contributed by atoms with Gasteiger partial charge in [0.1, 0.15) is 11.9 Å². The fraction of sp³-hybridized carbons (Fsp3) is 0.350. The lowest BCUT2D eigenvalue weighted by Gasteiger charge is -2.21. The highest BCUT2D eigenvalue weighted by Crippen LogP contribution is 2.19. The summed E-state index contributed by atoms with van der Waals surface area (Å²) < 4.78 is 5.82. The number of ether oxygens (including phenoxy) is 1. The van der Waals surface area contributed by atoms with Gasteiger partial charge in [0.15, 0.2) is 0 Å². The number of hydrogen-bond donors (Lipinski definition) is 2. The van der Waals surface area contributed by atoms with Crippen molar-refractivity contribution in [1.29, 1.82) is 0 Å². The molecule has 3 unspecified atom stereocenters. The number of amides is 1. The van der Waals surface area contributed by atoms with Gasteiger partial charge in [0.05, 0.1) is 12.5 Å². The molecule has 0 spiro atoms. The molecule has 0 fully saturated rings. The van der Waals surface area contributed by atoms with Crippen molar-refractivity contribution in [3.63, 3.8) is 0 Å². The second-order valence-corrected chi connectivity index (χ2v) is 6.22. The molecule has 0 aromatic heterocycles. The highest BCUT2D eigenvalue weighted by molar-refractivity contribution is 5.85. The molecule has 0 saturated carbocycles. The largest absolute Gasteiger partial charge is 0.489 e. The van der Waals surface area contributed by atoms with Gasteiger partial charge in [-0.1, -0.05) is 49.4 Å². The van der Waals surface area contributed by atoms with Gasteiger partial charge in [-0.05, 0) is 37.1 Å². The molecular formula is C20H27ClN2O2. The van der Waals surface area contributed by atoms with Gasteiger partial charge < -0.3 is 15.8 Å². The number of rotatable bonds is 7. The van der Waals surface area contributed by atoms with E-state index in [1.807, 2.05) is 75.4 Å². The number of nitrogens with one attached hydrogen (secondary N) is 1. The van der Waals surface area contributed by atoms with E-state index < -0.39 is 0 Å². The third-order valence-corrected chi connectivity index (χ3v) is 4.03.